The number of piperidine rings is 1. The number of hydrogen-bond donors (Lipinski definition) is 2. The topological polar surface area (TPSA) is 80.5 Å². The molecule has 5 rings (SSSR count). The molecule has 178 valence electrons. The van der Waals surface area contributed by atoms with E-state index in [9.17, 15) is 4.79 Å². The molecule has 0 spiro atoms. The fourth-order valence-electron chi connectivity index (χ4n) is 5.40. The van der Waals surface area contributed by atoms with Crippen LogP contribution in [0.4, 0.5) is 16.2 Å². The number of thiazole rings is 1. The van der Waals surface area contributed by atoms with Gasteiger partial charge >= 0.3 is 6.09 Å². The molecule has 3 aromatic rings. The van der Waals surface area contributed by atoms with Crippen molar-refractivity contribution < 1.29 is 9.53 Å². The molecule has 2 aromatic carbocycles. The first-order valence-corrected chi connectivity index (χ1v) is 13.0. The summed E-state index contributed by atoms with van der Waals surface area (Å²) in [5, 5.41) is 7.44. The van der Waals surface area contributed by atoms with Gasteiger partial charge in [0, 0.05) is 34.7 Å². The summed E-state index contributed by atoms with van der Waals surface area (Å²) in [5.41, 5.74) is 10.3. The summed E-state index contributed by atoms with van der Waals surface area (Å²) in [7, 11) is 0. The largest absolute Gasteiger partial charge is 0.450 e. The normalized spacial score (nSPS) is 22.4. The van der Waals surface area contributed by atoms with Crippen LogP contribution in [0.25, 0.3) is 0 Å². The van der Waals surface area contributed by atoms with Gasteiger partial charge in [-0.25, -0.2) is 9.78 Å². The van der Waals surface area contributed by atoms with Crippen LogP contribution in [0.5, 0.6) is 0 Å². The molecular weight excluding hydrogens is 468 g/mol. The number of rotatable bonds is 6. The number of benzene rings is 2. The number of nitrogens with zero attached hydrogens (tertiary/aromatic N) is 2. The molecule has 0 aliphatic carbocycles. The van der Waals surface area contributed by atoms with Crippen molar-refractivity contribution in [2.45, 2.75) is 56.7 Å². The lowest BCUT2D eigenvalue weighted by atomic mass is 9.91. The minimum atomic E-state index is -0.177. The third-order valence-electron chi connectivity index (χ3n) is 6.88. The Labute approximate surface area is 209 Å². The van der Waals surface area contributed by atoms with E-state index in [0.29, 0.717) is 11.6 Å². The Morgan fingerprint density at radius 1 is 1.21 bits per heavy atom. The standard InChI is InChI=1S/C26H29ClN4O2S/c1-2-33-26(32)31-20-8-9-21(31)15-19(14-20)30-23-13-17(5-10-22(23)28)24(25-29-11-12-34-25)16-3-6-18(27)7-4-16/h3-7,10-13,19-21,24,30H,2,8-9,14-15,28H2,1H3. The molecule has 2 aliphatic heterocycles. The first kappa shape index (κ1) is 23.0. The number of hydrogen-bond acceptors (Lipinski definition) is 6. The molecule has 34 heavy (non-hydrogen) atoms. The van der Waals surface area contributed by atoms with E-state index in [0.717, 1.165) is 53.2 Å². The second-order valence-corrected chi connectivity index (χ2v) is 10.4. The Morgan fingerprint density at radius 2 is 1.91 bits per heavy atom. The van der Waals surface area contributed by atoms with Crippen LogP contribution >= 0.6 is 22.9 Å². The highest BCUT2D eigenvalue weighted by Crippen LogP contribution is 2.40. The number of carbonyl (C=O) groups is 1. The van der Waals surface area contributed by atoms with Crippen molar-refractivity contribution in [3.05, 3.63) is 75.2 Å². The maximum atomic E-state index is 12.4. The van der Waals surface area contributed by atoms with Gasteiger partial charge in [-0.05, 0) is 68.0 Å². The fourth-order valence-corrected chi connectivity index (χ4v) is 6.32. The van der Waals surface area contributed by atoms with Gasteiger partial charge < -0.3 is 20.7 Å². The van der Waals surface area contributed by atoms with Crippen molar-refractivity contribution in [3.8, 4) is 0 Å². The summed E-state index contributed by atoms with van der Waals surface area (Å²) in [5.74, 6) is 0.000240. The van der Waals surface area contributed by atoms with E-state index in [-0.39, 0.29) is 30.1 Å². The maximum absolute atomic E-state index is 12.4. The fraction of sp³-hybridized carbons (Fsp3) is 0.385. The van der Waals surface area contributed by atoms with Crippen LogP contribution in [0, 0.1) is 0 Å². The summed E-state index contributed by atoms with van der Waals surface area (Å²) in [6.07, 6.45) is 5.51. The van der Waals surface area contributed by atoms with Gasteiger partial charge in [0.05, 0.1) is 23.9 Å². The Morgan fingerprint density at radius 3 is 2.56 bits per heavy atom. The van der Waals surface area contributed by atoms with Gasteiger partial charge in [-0.1, -0.05) is 29.8 Å². The van der Waals surface area contributed by atoms with E-state index >= 15 is 0 Å². The number of nitrogens with one attached hydrogen (secondary N) is 1. The van der Waals surface area contributed by atoms with Gasteiger partial charge in [-0.2, -0.15) is 0 Å². The average molecular weight is 497 g/mol. The van der Waals surface area contributed by atoms with Crippen molar-refractivity contribution in [1.29, 1.82) is 0 Å². The summed E-state index contributed by atoms with van der Waals surface area (Å²) < 4.78 is 5.30. The summed E-state index contributed by atoms with van der Waals surface area (Å²) in [4.78, 5) is 19.0. The minimum Gasteiger partial charge on any atom is -0.450 e. The van der Waals surface area contributed by atoms with Gasteiger partial charge in [0.15, 0.2) is 0 Å². The molecule has 2 aliphatic rings. The summed E-state index contributed by atoms with van der Waals surface area (Å²) in [6, 6.07) is 14.8. The second-order valence-electron chi connectivity index (χ2n) is 9.01. The predicted octanol–water partition coefficient (Wildman–Crippen LogP) is 6.12. The molecule has 3 unspecified atom stereocenters. The van der Waals surface area contributed by atoms with Crippen molar-refractivity contribution >= 4 is 40.4 Å². The first-order chi connectivity index (χ1) is 16.5. The van der Waals surface area contributed by atoms with Crippen LogP contribution in [0.3, 0.4) is 0 Å². The van der Waals surface area contributed by atoms with E-state index in [1.807, 2.05) is 41.6 Å². The third kappa shape index (κ3) is 4.59. The van der Waals surface area contributed by atoms with Crippen molar-refractivity contribution in [2.24, 2.45) is 0 Å². The monoisotopic (exact) mass is 496 g/mol. The molecule has 6 nitrogen and oxygen atoms in total. The smallest absolute Gasteiger partial charge is 0.410 e. The van der Waals surface area contributed by atoms with Gasteiger partial charge in [-0.15, -0.1) is 11.3 Å². The number of carbonyl (C=O) groups excluding carboxylic acids is 1. The van der Waals surface area contributed by atoms with E-state index in [1.54, 1.807) is 11.3 Å². The highest BCUT2D eigenvalue weighted by Gasteiger charge is 2.44. The average Bonchev–Trinajstić information content (AvgIpc) is 3.44. The second kappa shape index (κ2) is 9.84. The lowest BCUT2D eigenvalue weighted by Gasteiger charge is -2.38. The summed E-state index contributed by atoms with van der Waals surface area (Å²) >= 11 is 7.79. The minimum absolute atomic E-state index is 0.000240. The highest BCUT2D eigenvalue weighted by molar-refractivity contribution is 7.09. The zero-order valence-corrected chi connectivity index (χ0v) is 20.7. The number of halogens is 1. The zero-order chi connectivity index (χ0) is 23.7. The third-order valence-corrected chi connectivity index (χ3v) is 7.98. The molecule has 2 fully saturated rings. The SMILES string of the molecule is CCOC(=O)N1C2CCC1CC(Nc1cc(C(c3ccc(Cl)cc3)c3nccs3)ccc1N)C2. The van der Waals surface area contributed by atoms with Crippen molar-refractivity contribution in [1.82, 2.24) is 9.88 Å². The van der Waals surface area contributed by atoms with Gasteiger partial charge in [-0.3, -0.25) is 0 Å². The molecule has 2 saturated heterocycles. The molecule has 2 bridgehead atoms. The van der Waals surface area contributed by atoms with E-state index in [2.05, 4.69) is 34.6 Å². The number of anilines is 2. The molecular formula is C26H29ClN4O2S. The van der Waals surface area contributed by atoms with Crippen LogP contribution in [-0.2, 0) is 4.74 Å². The number of fused-ring (bicyclic) bond motifs is 2. The maximum Gasteiger partial charge on any atom is 0.410 e. The Hall–Kier alpha value is -2.77. The van der Waals surface area contributed by atoms with Gasteiger partial charge in [0.1, 0.15) is 5.01 Å². The number of nitrogen functional groups attached to an aromatic ring is 1. The predicted molar refractivity (Wildman–Crippen MR) is 138 cm³/mol. The Kier molecular flexibility index (Phi) is 6.66. The van der Waals surface area contributed by atoms with E-state index in [1.165, 1.54) is 0 Å². The molecule has 1 amide bonds. The Bertz CT molecular complexity index is 1120. The van der Waals surface area contributed by atoms with E-state index < -0.39 is 0 Å². The number of amides is 1. The molecule has 3 atom stereocenters. The zero-order valence-electron chi connectivity index (χ0n) is 19.1. The molecule has 3 N–H and O–H groups in total. The molecule has 1 aromatic heterocycles. The first-order valence-electron chi connectivity index (χ1n) is 11.8. The van der Waals surface area contributed by atoms with Gasteiger partial charge in [0.2, 0.25) is 0 Å². The highest BCUT2D eigenvalue weighted by atomic mass is 35.5. The lowest BCUT2D eigenvalue weighted by Crippen LogP contribution is -2.49. The van der Waals surface area contributed by atoms with Crippen LogP contribution in [0.2, 0.25) is 5.02 Å². The number of ether oxygens (including phenoxy) is 1. The number of nitrogens with two attached hydrogens (primary N) is 1. The van der Waals surface area contributed by atoms with Crippen LogP contribution in [0.1, 0.15) is 54.7 Å². The van der Waals surface area contributed by atoms with Crippen LogP contribution in [-0.4, -0.2) is 40.7 Å². The molecule has 0 saturated carbocycles. The lowest BCUT2D eigenvalue weighted by molar-refractivity contribution is 0.0711. The van der Waals surface area contributed by atoms with Crippen LogP contribution in [0.15, 0.2) is 54.0 Å². The van der Waals surface area contributed by atoms with Crippen molar-refractivity contribution in [3.63, 3.8) is 0 Å². The van der Waals surface area contributed by atoms with Crippen molar-refractivity contribution in [2.75, 3.05) is 17.7 Å². The quantitative estimate of drug-likeness (QED) is 0.401. The van der Waals surface area contributed by atoms with E-state index in [4.69, 9.17) is 22.1 Å². The number of aromatic nitrogens is 1. The van der Waals surface area contributed by atoms with Gasteiger partial charge in [0.25, 0.3) is 0 Å². The molecule has 3 heterocycles. The molecule has 0 radical (unpaired) electrons. The van der Waals surface area contributed by atoms with Crippen LogP contribution < -0.4 is 11.1 Å². The molecule has 8 heteroatoms. The summed E-state index contributed by atoms with van der Waals surface area (Å²) in [6.45, 7) is 2.26. The Balaban J connectivity index is 1.39.